The van der Waals surface area contributed by atoms with Crippen LogP contribution in [0.15, 0.2) is 53.0 Å². The summed E-state index contributed by atoms with van der Waals surface area (Å²) in [5, 5.41) is 9.80. The summed E-state index contributed by atoms with van der Waals surface area (Å²) in [7, 11) is 0. The minimum absolute atomic E-state index is 0.133. The standard InChI is InChI=1S/C18H16BrN3O2S/c1-18-14(16(23)20-11-5-3-2-4-6-11)15(21-17(25)22-18)12-9-10(19)7-8-13(12)24-18/h2-9,14-15H,1H3,(H,20,23)(H2,21,22,25)/t14-,15-,18+/m1/s1. The average molecular weight is 418 g/mol. The molecule has 2 aliphatic rings. The molecule has 2 aliphatic heterocycles. The number of amides is 1. The predicted molar refractivity (Wildman–Crippen MR) is 103 cm³/mol. The first kappa shape index (κ1) is 16.4. The Kier molecular flexibility index (Phi) is 3.92. The molecular formula is C18H16BrN3O2S. The number of benzene rings is 2. The molecule has 3 N–H and O–H groups in total. The van der Waals surface area contributed by atoms with Crippen LogP contribution < -0.4 is 20.7 Å². The quantitative estimate of drug-likeness (QED) is 0.654. The summed E-state index contributed by atoms with van der Waals surface area (Å²) in [4.78, 5) is 13.1. The fraction of sp³-hybridized carbons (Fsp3) is 0.222. The molecule has 25 heavy (non-hydrogen) atoms. The van der Waals surface area contributed by atoms with Gasteiger partial charge in [0.25, 0.3) is 0 Å². The van der Waals surface area contributed by atoms with Gasteiger partial charge in [-0.05, 0) is 49.5 Å². The van der Waals surface area contributed by atoms with Crippen molar-refractivity contribution in [2.24, 2.45) is 5.92 Å². The number of carbonyl (C=O) groups is 1. The molecular weight excluding hydrogens is 402 g/mol. The number of fused-ring (bicyclic) bond motifs is 4. The zero-order chi connectivity index (χ0) is 17.6. The van der Waals surface area contributed by atoms with Crippen LogP contribution in [-0.2, 0) is 4.79 Å². The SMILES string of the molecule is C[C@]12NC(=S)N[C@H](c3cc(Br)ccc3O1)[C@@H]2C(=O)Nc1ccccc1. The molecule has 3 atom stereocenters. The van der Waals surface area contributed by atoms with Crippen molar-refractivity contribution in [3.05, 3.63) is 58.6 Å². The predicted octanol–water partition coefficient (Wildman–Crippen LogP) is 3.33. The molecule has 128 valence electrons. The normalized spacial score (nSPS) is 26.6. The highest BCUT2D eigenvalue weighted by molar-refractivity contribution is 9.10. The molecule has 2 heterocycles. The van der Waals surface area contributed by atoms with E-state index in [1.165, 1.54) is 0 Å². The Morgan fingerprint density at radius 3 is 2.80 bits per heavy atom. The Morgan fingerprint density at radius 1 is 1.28 bits per heavy atom. The van der Waals surface area contributed by atoms with E-state index in [4.69, 9.17) is 17.0 Å². The summed E-state index contributed by atoms with van der Waals surface area (Å²) in [6.07, 6.45) is 0. The number of hydrogen-bond acceptors (Lipinski definition) is 3. The van der Waals surface area contributed by atoms with Gasteiger partial charge in [-0.15, -0.1) is 0 Å². The van der Waals surface area contributed by atoms with Crippen LogP contribution in [0, 0.1) is 5.92 Å². The summed E-state index contributed by atoms with van der Waals surface area (Å²) in [5.41, 5.74) is 0.730. The maximum Gasteiger partial charge on any atom is 0.236 e. The Hall–Kier alpha value is -2.12. The van der Waals surface area contributed by atoms with Crippen molar-refractivity contribution in [1.29, 1.82) is 0 Å². The maximum absolute atomic E-state index is 13.1. The number of carbonyl (C=O) groups excluding carboxylic acids is 1. The van der Waals surface area contributed by atoms with Crippen LogP contribution in [0.3, 0.4) is 0 Å². The molecule has 1 fully saturated rings. The first-order valence-corrected chi connectivity index (χ1v) is 9.09. The van der Waals surface area contributed by atoms with E-state index in [-0.39, 0.29) is 11.9 Å². The molecule has 5 nitrogen and oxygen atoms in total. The molecule has 0 aromatic heterocycles. The summed E-state index contributed by atoms with van der Waals surface area (Å²) in [5.74, 6) is 0.106. The number of ether oxygens (including phenoxy) is 1. The lowest BCUT2D eigenvalue weighted by molar-refractivity contribution is -0.132. The molecule has 2 bridgehead atoms. The van der Waals surface area contributed by atoms with Gasteiger partial charge in [0.2, 0.25) is 5.91 Å². The van der Waals surface area contributed by atoms with Crippen molar-refractivity contribution in [1.82, 2.24) is 10.6 Å². The molecule has 4 rings (SSSR count). The zero-order valence-electron chi connectivity index (χ0n) is 13.4. The van der Waals surface area contributed by atoms with E-state index in [9.17, 15) is 4.79 Å². The topological polar surface area (TPSA) is 62.4 Å². The van der Waals surface area contributed by atoms with Gasteiger partial charge in [-0.25, -0.2) is 0 Å². The number of thiocarbonyl (C=S) groups is 1. The molecule has 2 aromatic rings. The molecule has 7 heteroatoms. The number of para-hydroxylation sites is 1. The highest BCUT2D eigenvalue weighted by Gasteiger charge is 2.54. The van der Waals surface area contributed by atoms with E-state index >= 15 is 0 Å². The third kappa shape index (κ3) is 2.87. The Balaban J connectivity index is 1.74. The van der Waals surface area contributed by atoms with Gasteiger partial charge >= 0.3 is 0 Å². The van der Waals surface area contributed by atoms with Crippen LogP contribution in [0.5, 0.6) is 5.75 Å². The van der Waals surface area contributed by atoms with Crippen LogP contribution in [0.25, 0.3) is 0 Å². The lowest BCUT2D eigenvalue weighted by Gasteiger charge is -2.50. The molecule has 1 amide bonds. The fourth-order valence-electron chi connectivity index (χ4n) is 3.45. The molecule has 0 unspecified atom stereocenters. The number of nitrogens with one attached hydrogen (secondary N) is 3. The maximum atomic E-state index is 13.1. The number of anilines is 1. The van der Waals surface area contributed by atoms with Crippen LogP contribution in [0.1, 0.15) is 18.5 Å². The van der Waals surface area contributed by atoms with E-state index in [0.29, 0.717) is 5.11 Å². The largest absolute Gasteiger partial charge is 0.467 e. The fourth-order valence-corrected chi connectivity index (χ4v) is 4.16. The second kappa shape index (κ2) is 6.00. The highest BCUT2D eigenvalue weighted by Crippen LogP contribution is 2.45. The van der Waals surface area contributed by atoms with Gasteiger partial charge in [0.05, 0.1) is 6.04 Å². The minimum atomic E-state index is -0.924. The van der Waals surface area contributed by atoms with E-state index in [1.807, 2.05) is 55.5 Å². The Morgan fingerprint density at radius 2 is 2.04 bits per heavy atom. The Bertz CT molecular complexity index is 861. The highest BCUT2D eigenvalue weighted by atomic mass is 79.9. The number of hydrogen-bond donors (Lipinski definition) is 3. The van der Waals surface area contributed by atoms with Gasteiger partial charge in [-0.1, -0.05) is 34.1 Å². The van der Waals surface area contributed by atoms with Crippen LogP contribution in [0.4, 0.5) is 5.69 Å². The molecule has 0 spiro atoms. The van der Waals surface area contributed by atoms with Crippen LogP contribution >= 0.6 is 28.1 Å². The summed E-state index contributed by atoms with van der Waals surface area (Å²) >= 11 is 8.80. The van der Waals surface area contributed by atoms with Crippen molar-refractivity contribution < 1.29 is 9.53 Å². The van der Waals surface area contributed by atoms with Gasteiger partial charge in [0, 0.05) is 15.7 Å². The van der Waals surface area contributed by atoms with Gasteiger partial charge in [-0.3, -0.25) is 4.79 Å². The van der Waals surface area contributed by atoms with E-state index in [1.54, 1.807) is 0 Å². The van der Waals surface area contributed by atoms with Crippen LogP contribution in [-0.4, -0.2) is 16.7 Å². The van der Waals surface area contributed by atoms with Crippen molar-refractivity contribution in [2.45, 2.75) is 18.7 Å². The first-order chi connectivity index (χ1) is 12.0. The van der Waals surface area contributed by atoms with E-state index in [2.05, 4.69) is 31.9 Å². The third-order valence-corrected chi connectivity index (χ3v) is 5.24. The average Bonchev–Trinajstić information content (AvgIpc) is 2.55. The minimum Gasteiger partial charge on any atom is -0.467 e. The third-order valence-electron chi connectivity index (χ3n) is 4.53. The molecule has 0 saturated carbocycles. The summed E-state index contributed by atoms with van der Waals surface area (Å²) in [6.45, 7) is 1.85. The molecule has 0 radical (unpaired) electrons. The first-order valence-electron chi connectivity index (χ1n) is 7.89. The van der Waals surface area contributed by atoms with Gasteiger partial charge in [0.1, 0.15) is 11.7 Å². The number of rotatable bonds is 2. The van der Waals surface area contributed by atoms with E-state index in [0.717, 1.165) is 21.5 Å². The van der Waals surface area contributed by atoms with E-state index < -0.39 is 11.6 Å². The summed E-state index contributed by atoms with van der Waals surface area (Å²) < 4.78 is 7.09. The lowest BCUT2D eigenvalue weighted by Crippen LogP contribution is -2.70. The number of halogens is 1. The zero-order valence-corrected chi connectivity index (χ0v) is 15.8. The van der Waals surface area contributed by atoms with Crippen LogP contribution in [0.2, 0.25) is 0 Å². The van der Waals surface area contributed by atoms with Crippen molar-refractivity contribution >= 4 is 44.9 Å². The monoisotopic (exact) mass is 417 g/mol. The second-order valence-corrected chi connectivity index (χ2v) is 7.62. The van der Waals surface area contributed by atoms with Gasteiger partial charge < -0.3 is 20.7 Å². The second-order valence-electron chi connectivity index (χ2n) is 6.30. The van der Waals surface area contributed by atoms with Crippen molar-refractivity contribution in [3.63, 3.8) is 0 Å². The van der Waals surface area contributed by atoms with Gasteiger partial charge in [0.15, 0.2) is 10.8 Å². The van der Waals surface area contributed by atoms with Crippen molar-refractivity contribution in [2.75, 3.05) is 5.32 Å². The summed E-state index contributed by atoms with van der Waals surface area (Å²) in [6, 6.07) is 14.9. The van der Waals surface area contributed by atoms with Crippen molar-refractivity contribution in [3.8, 4) is 5.75 Å². The smallest absolute Gasteiger partial charge is 0.236 e. The molecule has 0 aliphatic carbocycles. The Labute approximate surface area is 159 Å². The molecule has 2 aromatic carbocycles. The lowest BCUT2D eigenvalue weighted by atomic mass is 9.80. The molecule has 1 saturated heterocycles. The van der Waals surface area contributed by atoms with Gasteiger partial charge in [-0.2, -0.15) is 0 Å².